The van der Waals surface area contributed by atoms with Crippen molar-refractivity contribution in [3.05, 3.63) is 32.3 Å². The minimum absolute atomic E-state index is 0.00784. The Bertz CT molecular complexity index is 1060. The van der Waals surface area contributed by atoms with Crippen molar-refractivity contribution in [1.29, 1.82) is 0 Å². The average Bonchev–Trinajstić information content (AvgIpc) is 3.18. The fraction of sp³-hybridized carbons (Fsp3) is 0.636. The van der Waals surface area contributed by atoms with Crippen LogP contribution in [-0.4, -0.2) is 33.0 Å². The van der Waals surface area contributed by atoms with Crippen LogP contribution >= 0.6 is 11.3 Å². The van der Waals surface area contributed by atoms with E-state index in [0.29, 0.717) is 16.8 Å². The number of carbonyl (C=O) groups excluding carboxylic acids is 2. The van der Waals surface area contributed by atoms with Gasteiger partial charge in [0.2, 0.25) is 11.8 Å². The van der Waals surface area contributed by atoms with Crippen molar-refractivity contribution in [3.8, 4) is 0 Å². The van der Waals surface area contributed by atoms with Crippen LogP contribution in [0.5, 0.6) is 0 Å². The van der Waals surface area contributed by atoms with Gasteiger partial charge in [-0.25, -0.2) is 4.79 Å². The van der Waals surface area contributed by atoms with Crippen LogP contribution in [0.4, 0.5) is 0 Å². The summed E-state index contributed by atoms with van der Waals surface area (Å²) in [6.07, 6.45) is 3.09. The Kier molecular flexibility index (Phi) is 7.35. The summed E-state index contributed by atoms with van der Waals surface area (Å²) in [6.45, 7) is 7.81. The van der Waals surface area contributed by atoms with E-state index in [4.69, 9.17) is 0 Å². The Balaban J connectivity index is 1.80. The summed E-state index contributed by atoms with van der Waals surface area (Å²) < 4.78 is 3.16. The van der Waals surface area contributed by atoms with E-state index in [9.17, 15) is 19.2 Å². The number of hydrogen-bond acceptors (Lipinski definition) is 5. The molecule has 0 aliphatic heterocycles. The molecule has 9 heteroatoms. The minimum Gasteiger partial charge on any atom is -0.354 e. The van der Waals surface area contributed by atoms with Gasteiger partial charge in [0.05, 0.1) is 5.52 Å². The highest BCUT2D eigenvalue weighted by molar-refractivity contribution is 7.17. The molecule has 1 aliphatic rings. The first-order valence-corrected chi connectivity index (χ1v) is 11.9. The quantitative estimate of drug-likeness (QED) is 0.677. The number of hydrogen-bond donors (Lipinski definition) is 2. The molecule has 3 rings (SSSR count). The summed E-state index contributed by atoms with van der Waals surface area (Å²) in [7, 11) is 0. The highest BCUT2D eigenvalue weighted by Crippen LogP contribution is 2.30. The van der Waals surface area contributed by atoms with Crippen molar-refractivity contribution in [3.63, 3.8) is 0 Å². The Labute approximate surface area is 185 Å². The van der Waals surface area contributed by atoms with Crippen molar-refractivity contribution in [2.75, 3.05) is 0 Å². The lowest BCUT2D eigenvalue weighted by atomic mass is 9.81. The first-order valence-electron chi connectivity index (χ1n) is 11.0. The number of thiophene rings is 1. The van der Waals surface area contributed by atoms with Crippen molar-refractivity contribution in [2.24, 2.45) is 11.8 Å². The van der Waals surface area contributed by atoms with E-state index in [2.05, 4.69) is 10.6 Å². The van der Waals surface area contributed by atoms with Gasteiger partial charge in [-0.3, -0.25) is 23.5 Å². The van der Waals surface area contributed by atoms with Gasteiger partial charge in [-0.2, -0.15) is 0 Å². The summed E-state index contributed by atoms with van der Waals surface area (Å²) in [6, 6.07) is 1.80. The Morgan fingerprint density at radius 1 is 1.03 bits per heavy atom. The first kappa shape index (κ1) is 23.2. The highest BCUT2D eigenvalue weighted by Gasteiger charge is 2.28. The molecule has 2 aromatic heterocycles. The number of amides is 2. The van der Waals surface area contributed by atoms with E-state index < -0.39 is 5.69 Å². The van der Waals surface area contributed by atoms with Gasteiger partial charge in [-0.05, 0) is 70.7 Å². The molecule has 2 amide bonds. The molecule has 1 saturated carbocycles. The number of carbonyl (C=O) groups is 2. The Morgan fingerprint density at radius 2 is 1.68 bits per heavy atom. The zero-order valence-corrected chi connectivity index (χ0v) is 19.5. The molecule has 8 nitrogen and oxygen atoms in total. The summed E-state index contributed by atoms with van der Waals surface area (Å²) in [5.41, 5.74) is -0.242. The van der Waals surface area contributed by atoms with Crippen molar-refractivity contribution >= 4 is 33.4 Å². The second-order valence-electron chi connectivity index (χ2n) is 9.02. The number of aromatic nitrogens is 2. The normalized spacial score (nSPS) is 19.2. The van der Waals surface area contributed by atoms with E-state index in [0.717, 1.165) is 25.7 Å². The predicted molar refractivity (Wildman–Crippen MR) is 122 cm³/mol. The first-order chi connectivity index (χ1) is 14.7. The molecule has 0 spiro atoms. The van der Waals surface area contributed by atoms with E-state index in [1.165, 1.54) is 20.5 Å². The standard InChI is InChI=1S/C22H32N4O4S/c1-13(2)23-18(27)12-25-17-9-10-31-19(17)21(29)26(22(25)30)11-15-5-7-16(8-6-15)20(28)24-14(3)4/h9-10,13-16H,5-8,11-12H2,1-4H3,(H,23,27)(H,24,28). The van der Waals surface area contributed by atoms with Crippen LogP contribution in [0.3, 0.4) is 0 Å². The van der Waals surface area contributed by atoms with Crippen molar-refractivity contribution in [2.45, 2.75) is 78.6 Å². The van der Waals surface area contributed by atoms with Crippen LogP contribution in [-0.2, 0) is 22.7 Å². The Morgan fingerprint density at radius 3 is 2.29 bits per heavy atom. The van der Waals surface area contributed by atoms with Gasteiger partial charge in [-0.1, -0.05) is 0 Å². The fourth-order valence-corrected chi connectivity index (χ4v) is 5.07. The second-order valence-corrected chi connectivity index (χ2v) is 9.94. The largest absolute Gasteiger partial charge is 0.354 e. The molecule has 0 bridgehead atoms. The monoisotopic (exact) mass is 448 g/mol. The minimum atomic E-state index is -0.450. The maximum absolute atomic E-state index is 13.2. The molecule has 0 atom stereocenters. The lowest BCUT2D eigenvalue weighted by Gasteiger charge is -2.28. The molecular weight excluding hydrogens is 416 g/mol. The van der Waals surface area contributed by atoms with Crippen molar-refractivity contribution < 1.29 is 9.59 Å². The van der Waals surface area contributed by atoms with Gasteiger partial charge in [0, 0.05) is 24.5 Å². The molecule has 31 heavy (non-hydrogen) atoms. The molecule has 0 radical (unpaired) electrons. The van der Waals surface area contributed by atoms with Crippen molar-refractivity contribution in [1.82, 2.24) is 19.8 Å². The number of rotatable bonds is 7. The number of fused-ring (bicyclic) bond motifs is 1. The number of nitrogens with zero attached hydrogens (tertiary/aromatic N) is 2. The van der Waals surface area contributed by atoms with Crippen LogP contribution in [0.1, 0.15) is 53.4 Å². The zero-order valence-electron chi connectivity index (χ0n) is 18.6. The molecule has 0 saturated heterocycles. The summed E-state index contributed by atoms with van der Waals surface area (Å²) in [5, 5.41) is 7.54. The molecule has 2 aromatic rings. The van der Waals surface area contributed by atoms with E-state index in [1.807, 2.05) is 27.7 Å². The van der Waals surface area contributed by atoms with Gasteiger partial charge in [-0.15, -0.1) is 11.3 Å². The summed E-state index contributed by atoms with van der Waals surface area (Å²) in [5.74, 6) is -0.0222. The second kappa shape index (κ2) is 9.80. The summed E-state index contributed by atoms with van der Waals surface area (Å²) in [4.78, 5) is 50.7. The maximum Gasteiger partial charge on any atom is 0.332 e. The fourth-order valence-electron chi connectivity index (χ4n) is 4.23. The lowest BCUT2D eigenvalue weighted by Crippen LogP contribution is -2.44. The van der Waals surface area contributed by atoms with Crippen LogP contribution in [0.15, 0.2) is 21.0 Å². The third-order valence-electron chi connectivity index (χ3n) is 5.68. The topological polar surface area (TPSA) is 102 Å². The maximum atomic E-state index is 13.2. The highest BCUT2D eigenvalue weighted by atomic mass is 32.1. The molecule has 0 unspecified atom stereocenters. The molecule has 1 aliphatic carbocycles. The van der Waals surface area contributed by atoms with Crippen LogP contribution in [0.25, 0.3) is 10.2 Å². The average molecular weight is 449 g/mol. The van der Waals surface area contributed by atoms with Crippen LogP contribution < -0.4 is 21.9 Å². The van der Waals surface area contributed by atoms with Crippen LogP contribution in [0.2, 0.25) is 0 Å². The van der Waals surface area contributed by atoms with E-state index in [1.54, 1.807) is 11.4 Å². The van der Waals surface area contributed by atoms with Gasteiger partial charge in [0.25, 0.3) is 5.56 Å². The zero-order chi connectivity index (χ0) is 22.7. The molecule has 2 N–H and O–H groups in total. The van der Waals surface area contributed by atoms with E-state index in [-0.39, 0.29) is 47.8 Å². The smallest absolute Gasteiger partial charge is 0.332 e. The lowest BCUT2D eigenvalue weighted by molar-refractivity contribution is -0.126. The summed E-state index contributed by atoms with van der Waals surface area (Å²) >= 11 is 1.29. The third-order valence-corrected chi connectivity index (χ3v) is 6.57. The molecule has 2 heterocycles. The van der Waals surface area contributed by atoms with E-state index >= 15 is 0 Å². The molecule has 170 valence electrons. The van der Waals surface area contributed by atoms with Gasteiger partial charge < -0.3 is 10.6 Å². The van der Waals surface area contributed by atoms with Crippen LogP contribution in [0, 0.1) is 11.8 Å². The van der Waals surface area contributed by atoms with Gasteiger partial charge in [0.1, 0.15) is 11.2 Å². The molecule has 0 aromatic carbocycles. The van der Waals surface area contributed by atoms with Gasteiger partial charge >= 0.3 is 5.69 Å². The van der Waals surface area contributed by atoms with Gasteiger partial charge in [0.15, 0.2) is 0 Å². The molecular formula is C22H32N4O4S. The SMILES string of the molecule is CC(C)NC(=O)Cn1c(=O)n(CC2CCC(C(=O)NC(C)C)CC2)c(=O)c2sccc21. The molecule has 1 fully saturated rings. The Hall–Kier alpha value is -2.42. The number of nitrogens with one attached hydrogen (secondary N) is 2. The predicted octanol–water partition coefficient (Wildman–Crippen LogP) is 2.08. The third kappa shape index (κ3) is 5.44.